The number of halogens is 6. The molecule has 2 aromatic carbocycles. The summed E-state index contributed by atoms with van der Waals surface area (Å²) in [7, 11) is -7.63. The second kappa shape index (κ2) is 19.3. The van der Waals surface area contributed by atoms with E-state index in [0.717, 1.165) is 45.1 Å². The maximum absolute atomic E-state index is 13.6. The van der Waals surface area contributed by atoms with Gasteiger partial charge in [-0.3, -0.25) is 33.0 Å². The van der Waals surface area contributed by atoms with Crippen molar-refractivity contribution in [1.82, 2.24) is 15.3 Å². The highest BCUT2D eigenvalue weighted by molar-refractivity contribution is 7.93. The van der Waals surface area contributed by atoms with Crippen LogP contribution < -0.4 is 19.7 Å². The molecule has 55 heavy (non-hydrogen) atoms. The zero-order valence-electron chi connectivity index (χ0n) is 29.1. The number of Topliss-reactive ketones (excluding diaryl/α,β-unsaturated/α-hetero) is 2. The number of hydrogen-bond donors (Lipinski definition) is 2. The third-order valence-corrected chi connectivity index (χ3v) is 11.0. The number of sulfonamides is 2. The molecular weight excluding hydrogens is 783 g/mol. The Morgan fingerprint density at radius 3 is 1.42 bits per heavy atom. The van der Waals surface area contributed by atoms with Gasteiger partial charge >= 0.3 is 6.43 Å². The van der Waals surface area contributed by atoms with Crippen LogP contribution in [0.2, 0.25) is 0 Å². The second-order valence-corrected chi connectivity index (χ2v) is 15.5. The minimum Gasteiger partial charge on any atom is -0.344 e. The third-order valence-electron chi connectivity index (χ3n) is 7.49. The molecule has 2 heterocycles. The number of pyridine rings is 2. The number of nitrogens with two attached hydrogens (primary N) is 1. The summed E-state index contributed by atoms with van der Waals surface area (Å²) in [5.41, 5.74) is 6.00. The van der Waals surface area contributed by atoms with Crippen molar-refractivity contribution in [2.75, 3.05) is 33.2 Å². The van der Waals surface area contributed by atoms with Crippen molar-refractivity contribution in [2.24, 2.45) is 5.73 Å². The Morgan fingerprint density at radius 1 is 0.673 bits per heavy atom. The van der Waals surface area contributed by atoms with Gasteiger partial charge in [0.25, 0.3) is 5.91 Å². The predicted octanol–water partition coefficient (Wildman–Crippen LogP) is 4.14. The van der Waals surface area contributed by atoms with Crippen LogP contribution in [0.4, 0.5) is 37.7 Å². The fraction of sp³-hybridized carbons (Fsp3) is 0.265. The van der Waals surface area contributed by atoms with E-state index in [1.165, 1.54) is 50.4 Å². The van der Waals surface area contributed by atoms with E-state index in [2.05, 4.69) is 9.97 Å². The molecule has 21 heteroatoms. The van der Waals surface area contributed by atoms with Crippen molar-refractivity contribution in [3.63, 3.8) is 0 Å². The van der Waals surface area contributed by atoms with E-state index in [4.69, 9.17) is 5.73 Å². The largest absolute Gasteiger partial charge is 0.344 e. The molecule has 0 radical (unpaired) electrons. The third kappa shape index (κ3) is 12.0. The van der Waals surface area contributed by atoms with E-state index < -0.39 is 68.0 Å². The van der Waals surface area contributed by atoms with Crippen LogP contribution in [0.1, 0.15) is 46.0 Å². The molecular formula is C34H34F6N6O7S2. The average molecular weight is 817 g/mol. The molecule has 4 rings (SSSR count). The quantitative estimate of drug-likeness (QED) is 0.123. The number of amides is 1. The summed E-state index contributed by atoms with van der Waals surface area (Å²) in [6, 6.07) is 11.1. The van der Waals surface area contributed by atoms with E-state index in [0.29, 0.717) is 11.3 Å². The number of hydrogen-bond acceptors (Lipinski definition) is 10. The molecule has 1 amide bonds. The monoisotopic (exact) mass is 816 g/mol. The molecule has 0 aliphatic heterocycles. The molecule has 0 bridgehead atoms. The molecule has 0 atom stereocenters. The lowest BCUT2D eigenvalue weighted by Gasteiger charge is -2.23. The first kappa shape index (κ1) is 44.0. The van der Waals surface area contributed by atoms with Crippen molar-refractivity contribution in [1.29, 1.82) is 0 Å². The van der Waals surface area contributed by atoms with Crippen LogP contribution >= 0.6 is 0 Å². The Morgan fingerprint density at radius 2 is 1.09 bits per heavy atom. The molecule has 13 nitrogen and oxygen atoms in total. The molecule has 0 aliphatic carbocycles. The van der Waals surface area contributed by atoms with Gasteiger partial charge in [0, 0.05) is 35.7 Å². The lowest BCUT2D eigenvalue weighted by molar-refractivity contribution is -0.131. The number of nitrogens with zero attached hydrogens (tertiary/aromatic N) is 4. The molecule has 0 spiro atoms. The van der Waals surface area contributed by atoms with Gasteiger partial charge in [-0.05, 0) is 62.4 Å². The fourth-order valence-electron chi connectivity index (χ4n) is 4.42. The highest BCUT2D eigenvalue weighted by Gasteiger charge is 2.25. The van der Waals surface area contributed by atoms with Crippen molar-refractivity contribution >= 4 is 48.9 Å². The first-order valence-electron chi connectivity index (χ1n) is 16.0. The second-order valence-electron chi connectivity index (χ2n) is 11.2. The standard InChI is InChI=1S/C18H17F4N3O4S.C16H17F2N3O3S/c1-2-30(28,29)25(13-5-6-14(19)15(20)7-13)10-12-4-3-11(8-23-12)16(26)9-24-18(27)17(21)22;1-2-25(23,24)21(13-5-6-14(17)15(18)7-13)10-12-4-3-11(9-20-12)16(22)8-19/h3-8,17H,2,9-10H2,1H3,(H,24,27);3-7,9H,2,8,10,19H2,1H3. The number of alkyl halides is 2. The predicted molar refractivity (Wildman–Crippen MR) is 189 cm³/mol. The van der Waals surface area contributed by atoms with Crippen molar-refractivity contribution in [3.05, 3.63) is 119 Å². The molecule has 296 valence electrons. The summed E-state index contributed by atoms with van der Waals surface area (Å²) in [5, 5.41) is 1.77. The Labute approximate surface area is 312 Å². The number of benzene rings is 2. The SMILES string of the molecule is CCS(=O)(=O)N(Cc1ccc(C(=O)CN)cn1)c1ccc(F)c(F)c1.CCS(=O)(=O)N(Cc1ccc(C(=O)CNC(=O)C(F)F)cn1)c1ccc(F)c(F)c1. The maximum atomic E-state index is 13.6. The molecule has 4 aromatic rings. The lowest BCUT2D eigenvalue weighted by atomic mass is 10.1. The van der Waals surface area contributed by atoms with Gasteiger partial charge in [-0.15, -0.1) is 0 Å². The highest BCUT2D eigenvalue weighted by atomic mass is 32.2. The van der Waals surface area contributed by atoms with Crippen LogP contribution in [-0.2, 0) is 37.9 Å². The number of aromatic nitrogens is 2. The first-order valence-corrected chi connectivity index (χ1v) is 19.2. The maximum Gasteiger partial charge on any atom is 0.315 e. The van der Waals surface area contributed by atoms with Gasteiger partial charge in [-0.2, -0.15) is 8.78 Å². The van der Waals surface area contributed by atoms with Gasteiger partial charge in [0.15, 0.2) is 34.8 Å². The van der Waals surface area contributed by atoms with E-state index in [1.807, 2.05) is 0 Å². The normalized spacial score (nSPS) is 11.4. The highest BCUT2D eigenvalue weighted by Crippen LogP contribution is 2.25. The van der Waals surface area contributed by atoms with Gasteiger partial charge < -0.3 is 11.1 Å². The Balaban J connectivity index is 0.000000300. The molecule has 2 aromatic heterocycles. The van der Waals surface area contributed by atoms with E-state index >= 15 is 0 Å². The van der Waals surface area contributed by atoms with Crippen LogP contribution in [0.15, 0.2) is 73.1 Å². The summed E-state index contributed by atoms with van der Waals surface area (Å²) in [6.07, 6.45) is -0.859. The summed E-state index contributed by atoms with van der Waals surface area (Å²) in [5.74, 6) is -7.66. The first-order chi connectivity index (χ1) is 25.8. The number of anilines is 2. The lowest BCUT2D eigenvalue weighted by Crippen LogP contribution is -2.34. The smallest absolute Gasteiger partial charge is 0.315 e. The van der Waals surface area contributed by atoms with Crippen LogP contribution in [0.5, 0.6) is 0 Å². The molecule has 0 saturated carbocycles. The van der Waals surface area contributed by atoms with Crippen molar-refractivity contribution in [3.8, 4) is 0 Å². The fourth-order valence-corrected chi connectivity index (χ4v) is 6.57. The molecule has 3 N–H and O–H groups in total. The minimum absolute atomic E-state index is 0.00559. The molecule has 0 aliphatic rings. The van der Waals surface area contributed by atoms with Crippen LogP contribution in [-0.4, -0.2) is 75.3 Å². The Kier molecular flexibility index (Phi) is 15.4. The number of nitrogens with one attached hydrogen (secondary N) is 1. The zero-order valence-corrected chi connectivity index (χ0v) is 30.7. The van der Waals surface area contributed by atoms with Gasteiger partial charge in [-0.25, -0.2) is 34.4 Å². The summed E-state index contributed by atoms with van der Waals surface area (Å²) >= 11 is 0. The Hall–Kier alpha value is -5.41. The molecule has 0 saturated heterocycles. The van der Waals surface area contributed by atoms with Crippen molar-refractivity contribution < 1.29 is 57.6 Å². The minimum atomic E-state index is -3.88. The summed E-state index contributed by atoms with van der Waals surface area (Å²) < 4.78 is 129. The molecule has 0 fully saturated rings. The number of rotatable bonds is 16. The zero-order chi connectivity index (χ0) is 41.1. The molecule has 0 unspecified atom stereocenters. The van der Waals surface area contributed by atoms with Gasteiger partial charge in [0.05, 0.1) is 60.4 Å². The van der Waals surface area contributed by atoms with Crippen molar-refractivity contribution in [2.45, 2.75) is 33.4 Å². The van der Waals surface area contributed by atoms with E-state index in [1.54, 1.807) is 5.32 Å². The van der Waals surface area contributed by atoms with Crippen LogP contribution in [0.25, 0.3) is 0 Å². The number of ketones is 2. The average Bonchev–Trinajstić information content (AvgIpc) is 3.17. The Bertz CT molecular complexity index is 2210. The summed E-state index contributed by atoms with van der Waals surface area (Å²) in [4.78, 5) is 42.2. The van der Waals surface area contributed by atoms with Crippen LogP contribution in [0, 0.1) is 23.3 Å². The van der Waals surface area contributed by atoms with Gasteiger partial charge in [-0.1, -0.05) is 0 Å². The van der Waals surface area contributed by atoms with Gasteiger partial charge in [0.2, 0.25) is 20.0 Å². The van der Waals surface area contributed by atoms with Crippen LogP contribution in [0.3, 0.4) is 0 Å². The van der Waals surface area contributed by atoms with Gasteiger partial charge in [0.1, 0.15) is 0 Å². The number of carbonyl (C=O) groups is 3. The van der Waals surface area contributed by atoms with E-state index in [-0.39, 0.29) is 59.6 Å². The summed E-state index contributed by atoms with van der Waals surface area (Å²) in [6.45, 7) is 1.50. The van der Waals surface area contributed by atoms with E-state index in [9.17, 15) is 57.6 Å². The number of carbonyl (C=O) groups excluding carboxylic acids is 3. The topological polar surface area (TPSA) is 190 Å².